The maximum Gasteiger partial charge on any atom is 1.00 e. The van der Waals surface area contributed by atoms with Crippen molar-refractivity contribution in [2.75, 3.05) is 6.61 Å². The van der Waals surface area contributed by atoms with Gasteiger partial charge in [0.25, 0.3) is 0 Å². The Hall–Kier alpha value is -0.263. The van der Waals surface area contributed by atoms with Crippen molar-refractivity contribution in [1.29, 1.82) is 0 Å². The summed E-state index contributed by atoms with van der Waals surface area (Å²) in [5.74, 6) is 0. The molecule has 1 aromatic carbocycles. The summed E-state index contributed by atoms with van der Waals surface area (Å²) in [6.45, 7) is 6.87. The third kappa shape index (κ3) is 3.96. The van der Waals surface area contributed by atoms with Crippen molar-refractivity contribution in [3.05, 3.63) is 48.2 Å². The van der Waals surface area contributed by atoms with Crippen LogP contribution in [0.4, 0.5) is 0 Å². The second-order valence-corrected chi connectivity index (χ2v) is 5.20. The number of epoxide rings is 1. The van der Waals surface area contributed by atoms with E-state index < -0.39 is 0 Å². The van der Waals surface area contributed by atoms with Gasteiger partial charge in [-0.05, 0) is 24.0 Å². The minimum atomic E-state index is 0. The molecule has 0 saturated carbocycles. The van der Waals surface area contributed by atoms with Gasteiger partial charge in [-0.15, -0.1) is 0 Å². The molecule has 1 aromatic rings. The van der Waals surface area contributed by atoms with Crippen molar-refractivity contribution >= 4 is 11.8 Å². The molecule has 1 fully saturated rings. The third-order valence-corrected chi connectivity index (χ3v) is 3.49. The van der Waals surface area contributed by atoms with E-state index >= 15 is 0 Å². The van der Waals surface area contributed by atoms with Crippen molar-refractivity contribution in [2.24, 2.45) is 0 Å². The van der Waals surface area contributed by atoms with Gasteiger partial charge in [-0.3, -0.25) is 0 Å². The van der Waals surface area contributed by atoms with E-state index in [1.54, 1.807) is 11.8 Å². The van der Waals surface area contributed by atoms with Crippen LogP contribution in [0.1, 0.15) is 13.3 Å². The average molecular weight is 226 g/mol. The van der Waals surface area contributed by atoms with Crippen LogP contribution in [0.25, 0.3) is 0 Å². The van der Waals surface area contributed by atoms with Gasteiger partial charge in [0, 0.05) is 0 Å². The molecule has 0 aromatic heterocycles. The number of allylic oxidation sites excluding steroid dienone is 1. The van der Waals surface area contributed by atoms with Crippen LogP contribution in [0, 0.1) is 6.92 Å². The summed E-state index contributed by atoms with van der Waals surface area (Å²) in [4.78, 5) is 2.54. The quantitative estimate of drug-likeness (QED) is 0.324. The second kappa shape index (κ2) is 5.89. The molecule has 0 aliphatic carbocycles. The Morgan fingerprint density at radius 2 is 2.12 bits per heavy atom. The Morgan fingerprint density at radius 3 is 2.62 bits per heavy atom. The van der Waals surface area contributed by atoms with E-state index in [0.717, 1.165) is 13.0 Å². The predicted molar refractivity (Wildman–Crippen MR) is 64.7 cm³/mol. The standard InChI is InChI=1S/C13H15OS.Li/c1-3-11(9-13(2)10-14-13)15-12-7-5-4-6-8-12;/h3-8H,1,9-10H2,2H3;/q-1;+1/b11-3-;. The summed E-state index contributed by atoms with van der Waals surface area (Å²) in [5.41, 5.74) is 0.0747. The Bertz CT molecular complexity index is 357. The minimum Gasteiger partial charge on any atom is -0.371 e. The van der Waals surface area contributed by atoms with Gasteiger partial charge < -0.3 is 4.74 Å². The van der Waals surface area contributed by atoms with Crippen LogP contribution in [0.2, 0.25) is 0 Å². The monoisotopic (exact) mass is 226 g/mol. The predicted octanol–water partition coefficient (Wildman–Crippen LogP) is 0.680. The Morgan fingerprint density at radius 1 is 1.50 bits per heavy atom. The summed E-state index contributed by atoms with van der Waals surface area (Å²) in [7, 11) is 0. The van der Waals surface area contributed by atoms with Crippen molar-refractivity contribution in [3.63, 3.8) is 0 Å². The number of ether oxygens (including phenoxy) is 1. The maximum atomic E-state index is 5.38. The van der Waals surface area contributed by atoms with E-state index in [-0.39, 0.29) is 24.5 Å². The van der Waals surface area contributed by atoms with E-state index in [1.165, 1.54) is 9.80 Å². The van der Waals surface area contributed by atoms with E-state index in [0.29, 0.717) is 0 Å². The number of hydrogen-bond donors (Lipinski definition) is 0. The molecule has 0 amide bonds. The van der Waals surface area contributed by atoms with E-state index in [1.807, 2.05) is 12.1 Å². The molecular weight excluding hydrogens is 211 g/mol. The number of rotatable bonds is 4. The number of benzene rings is 1. The molecule has 0 N–H and O–H groups in total. The zero-order valence-electron chi connectivity index (χ0n) is 9.90. The maximum absolute atomic E-state index is 5.38. The molecule has 0 radical (unpaired) electrons. The molecule has 3 heteroatoms. The molecule has 1 saturated heterocycles. The van der Waals surface area contributed by atoms with E-state index in [2.05, 4.69) is 38.1 Å². The summed E-state index contributed by atoms with van der Waals surface area (Å²) >= 11 is 1.77. The van der Waals surface area contributed by atoms with Crippen molar-refractivity contribution < 1.29 is 23.6 Å². The summed E-state index contributed by atoms with van der Waals surface area (Å²) < 4.78 is 5.38. The largest absolute Gasteiger partial charge is 1.00 e. The average Bonchev–Trinajstić information content (AvgIpc) is 2.97. The zero-order valence-corrected chi connectivity index (χ0v) is 10.7. The fraction of sp³-hybridized carbons (Fsp3) is 0.308. The topological polar surface area (TPSA) is 12.5 Å². The molecule has 2 rings (SSSR count). The fourth-order valence-corrected chi connectivity index (χ4v) is 2.44. The van der Waals surface area contributed by atoms with Crippen LogP contribution in [0.15, 0.2) is 46.2 Å². The van der Waals surface area contributed by atoms with E-state index in [9.17, 15) is 0 Å². The molecule has 16 heavy (non-hydrogen) atoms. The summed E-state index contributed by atoms with van der Waals surface area (Å²) in [5, 5.41) is 0. The molecule has 1 aliphatic rings. The Labute approximate surface area is 114 Å². The molecule has 1 heterocycles. The van der Waals surface area contributed by atoms with Gasteiger partial charge in [0.05, 0.1) is 12.2 Å². The van der Waals surface area contributed by atoms with Crippen LogP contribution < -0.4 is 18.9 Å². The van der Waals surface area contributed by atoms with Crippen LogP contribution in [-0.2, 0) is 4.74 Å². The van der Waals surface area contributed by atoms with Crippen LogP contribution >= 0.6 is 11.8 Å². The second-order valence-electron chi connectivity index (χ2n) is 4.00. The Kier molecular flexibility index (Phi) is 5.08. The smallest absolute Gasteiger partial charge is 0.371 e. The first kappa shape index (κ1) is 13.8. The van der Waals surface area contributed by atoms with Gasteiger partial charge >= 0.3 is 18.9 Å². The first-order valence-electron chi connectivity index (χ1n) is 5.07. The fourth-order valence-electron chi connectivity index (χ4n) is 1.38. The van der Waals surface area contributed by atoms with Gasteiger partial charge in [-0.2, -0.15) is 16.7 Å². The van der Waals surface area contributed by atoms with Gasteiger partial charge in [-0.25, -0.2) is 13.0 Å². The van der Waals surface area contributed by atoms with Gasteiger partial charge in [0.2, 0.25) is 0 Å². The third-order valence-electron chi connectivity index (χ3n) is 2.41. The molecule has 1 unspecified atom stereocenters. The molecule has 1 aliphatic heterocycles. The molecule has 1 nitrogen and oxygen atoms in total. The van der Waals surface area contributed by atoms with Crippen LogP contribution in [0.5, 0.6) is 0 Å². The first-order valence-corrected chi connectivity index (χ1v) is 5.89. The van der Waals surface area contributed by atoms with Gasteiger partial charge in [-0.1, -0.05) is 24.6 Å². The van der Waals surface area contributed by atoms with Crippen molar-refractivity contribution in [3.8, 4) is 0 Å². The molecule has 80 valence electrons. The van der Waals surface area contributed by atoms with Gasteiger partial charge in [0.15, 0.2) is 0 Å². The zero-order chi connectivity index (χ0) is 10.7. The molecule has 0 bridgehead atoms. The SMILES string of the molecule is [CH2-]/C=C(/CC1(C)CO1)Sc1ccccc1.[Li+]. The van der Waals surface area contributed by atoms with E-state index in [4.69, 9.17) is 4.74 Å². The normalized spacial score (nSPS) is 23.7. The number of hydrogen-bond acceptors (Lipinski definition) is 2. The minimum absolute atomic E-state index is 0. The van der Waals surface area contributed by atoms with Gasteiger partial charge in [0.1, 0.15) is 0 Å². The summed E-state index contributed by atoms with van der Waals surface area (Å²) in [6.07, 6.45) is 2.90. The number of thioether (sulfide) groups is 1. The van der Waals surface area contributed by atoms with Crippen molar-refractivity contribution in [1.82, 2.24) is 0 Å². The summed E-state index contributed by atoms with van der Waals surface area (Å²) in [6, 6.07) is 10.4. The Balaban J connectivity index is 0.00000128. The molecular formula is C13H15LiOS. The van der Waals surface area contributed by atoms with Crippen LogP contribution in [-0.4, -0.2) is 12.2 Å². The molecule has 0 spiro atoms. The van der Waals surface area contributed by atoms with Crippen LogP contribution in [0.3, 0.4) is 0 Å². The van der Waals surface area contributed by atoms with Crippen molar-refractivity contribution in [2.45, 2.75) is 23.8 Å². The first-order chi connectivity index (χ1) is 7.22. The molecule has 1 atom stereocenters.